The van der Waals surface area contributed by atoms with Crippen LogP contribution in [-0.2, 0) is 22.5 Å². The Kier molecular flexibility index (Phi) is 4.33. The molecule has 0 aromatic carbocycles. The smallest absolute Gasteiger partial charge is 0.329 e. The number of aromatic amines is 1. The SMILES string of the molecule is COC(=O)C1Cc2nc[nH]c2CN1C(=O)c1cccnc1SC. The maximum Gasteiger partial charge on any atom is 0.329 e. The van der Waals surface area contributed by atoms with Crippen LogP contribution in [0.1, 0.15) is 21.7 Å². The third-order valence-corrected chi connectivity index (χ3v) is 4.54. The predicted octanol–water partition coefficient (Wildman–Crippen LogP) is 1.27. The number of nitrogens with zero attached hydrogens (tertiary/aromatic N) is 3. The second-order valence-corrected chi connectivity index (χ2v) is 5.86. The topological polar surface area (TPSA) is 88.2 Å². The molecule has 1 aliphatic rings. The van der Waals surface area contributed by atoms with Crippen molar-refractivity contribution < 1.29 is 14.3 Å². The van der Waals surface area contributed by atoms with E-state index in [-0.39, 0.29) is 12.5 Å². The molecule has 0 radical (unpaired) electrons. The van der Waals surface area contributed by atoms with E-state index < -0.39 is 12.0 Å². The fourth-order valence-electron chi connectivity index (χ4n) is 2.67. The monoisotopic (exact) mass is 332 g/mol. The van der Waals surface area contributed by atoms with Gasteiger partial charge in [0.25, 0.3) is 5.91 Å². The summed E-state index contributed by atoms with van der Waals surface area (Å²) in [5, 5.41) is 0.636. The molecule has 2 aromatic heterocycles. The number of carbonyl (C=O) groups is 2. The first-order valence-corrected chi connectivity index (χ1v) is 8.27. The molecule has 1 atom stereocenters. The molecule has 8 heteroatoms. The van der Waals surface area contributed by atoms with Gasteiger partial charge < -0.3 is 14.6 Å². The van der Waals surface area contributed by atoms with Crippen LogP contribution in [0.5, 0.6) is 0 Å². The molecule has 0 saturated heterocycles. The van der Waals surface area contributed by atoms with Crippen LogP contribution in [-0.4, -0.2) is 51.1 Å². The minimum Gasteiger partial charge on any atom is -0.467 e. The standard InChI is InChI=1S/C15H16N4O3S/c1-22-15(21)12-6-10-11(18-8-17-10)7-19(12)14(20)9-4-3-5-16-13(9)23-2/h3-5,8,12H,6-7H2,1-2H3,(H,17,18). The molecule has 3 heterocycles. The van der Waals surface area contributed by atoms with Gasteiger partial charge in [-0.25, -0.2) is 14.8 Å². The highest BCUT2D eigenvalue weighted by molar-refractivity contribution is 7.98. The van der Waals surface area contributed by atoms with Crippen molar-refractivity contribution in [1.82, 2.24) is 19.9 Å². The van der Waals surface area contributed by atoms with Gasteiger partial charge in [0.2, 0.25) is 0 Å². The van der Waals surface area contributed by atoms with Gasteiger partial charge in [0.1, 0.15) is 11.1 Å². The molecular weight excluding hydrogens is 316 g/mol. The van der Waals surface area contributed by atoms with Crippen LogP contribution in [0, 0.1) is 0 Å². The van der Waals surface area contributed by atoms with Crippen molar-refractivity contribution in [2.24, 2.45) is 0 Å². The van der Waals surface area contributed by atoms with Crippen molar-refractivity contribution >= 4 is 23.6 Å². The van der Waals surface area contributed by atoms with E-state index in [1.165, 1.54) is 23.8 Å². The second-order valence-electron chi connectivity index (χ2n) is 5.06. The highest BCUT2D eigenvalue weighted by Crippen LogP contribution is 2.26. The number of methoxy groups -OCH3 is 1. The summed E-state index contributed by atoms with van der Waals surface area (Å²) in [5.41, 5.74) is 2.12. The summed E-state index contributed by atoms with van der Waals surface area (Å²) in [7, 11) is 1.32. The molecule has 7 nitrogen and oxygen atoms in total. The quantitative estimate of drug-likeness (QED) is 0.672. The van der Waals surface area contributed by atoms with Crippen molar-refractivity contribution in [3.63, 3.8) is 0 Å². The van der Waals surface area contributed by atoms with E-state index in [2.05, 4.69) is 15.0 Å². The zero-order valence-corrected chi connectivity index (χ0v) is 13.6. The number of H-pyrrole nitrogens is 1. The minimum atomic E-state index is -0.682. The van der Waals surface area contributed by atoms with Gasteiger partial charge in [-0.1, -0.05) is 0 Å². The second kappa shape index (κ2) is 6.41. The van der Waals surface area contributed by atoms with Crippen LogP contribution >= 0.6 is 11.8 Å². The number of aromatic nitrogens is 3. The van der Waals surface area contributed by atoms with E-state index in [4.69, 9.17) is 4.74 Å². The number of ether oxygens (including phenoxy) is 1. The molecule has 0 bridgehead atoms. The first-order chi connectivity index (χ1) is 11.2. The zero-order chi connectivity index (χ0) is 16.4. The van der Waals surface area contributed by atoms with Gasteiger partial charge in [-0.15, -0.1) is 11.8 Å². The highest BCUT2D eigenvalue weighted by Gasteiger charge is 2.37. The minimum absolute atomic E-state index is 0.238. The van der Waals surface area contributed by atoms with Gasteiger partial charge >= 0.3 is 5.97 Å². The van der Waals surface area contributed by atoms with E-state index >= 15 is 0 Å². The lowest BCUT2D eigenvalue weighted by Gasteiger charge is -2.33. The number of hydrogen-bond donors (Lipinski definition) is 1. The molecule has 1 aliphatic heterocycles. The van der Waals surface area contributed by atoms with Crippen LogP contribution in [0.15, 0.2) is 29.7 Å². The highest BCUT2D eigenvalue weighted by atomic mass is 32.2. The van der Waals surface area contributed by atoms with Crippen LogP contribution < -0.4 is 0 Å². The van der Waals surface area contributed by atoms with Crippen LogP contribution in [0.25, 0.3) is 0 Å². The summed E-state index contributed by atoms with van der Waals surface area (Å²) in [6, 6.07) is 2.75. The number of imidazole rings is 1. The Morgan fingerprint density at radius 2 is 2.26 bits per heavy atom. The Labute approximate surface area is 137 Å². The summed E-state index contributed by atoms with van der Waals surface area (Å²) in [6.45, 7) is 0.288. The lowest BCUT2D eigenvalue weighted by molar-refractivity contribution is -0.146. The molecule has 1 unspecified atom stereocenters. The summed E-state index contributed by atoms with van der Waals surface area (Å²) in [6.07, 6.45) is 5.42. The summed E-state index contributed by atoms with van der Waals surface area (Å²) < 4.78 is 4.86. The Balaban J connectivity index is 1.98. The Morgan fingerprint density at radius 1 is 1.43 bits per heavy atom. The first-order valence-electron chi connectivity index (χ1n) is 7.04. The number of hydrogen-bond acceptors (Lipinski definition) is 6. The molecule has 1 amide bonds. The third-order valence-electron chi connectivity index (χ3n) is 3.83. The number of pyridine rings is 1. The van der Waals surface area contributed by atoms with E-state index in [9.17, 15) is 9.59 Å². The Hall–Kier alpha value is -2.35. The average Bonchev–Trinajstić information content (AvgIpc) is 3.06. The van der Waals surface area contributed by atoms with Gasteiger partial charge in [-0.2, -0.15) is 0 Å². The van der Waals surface area contributed by atoms with Crippen LogP contribution in [0.3, 0.4) is 0 Å². The largest absolute Gasteiger partial charge is 0.467 e. The van der Waals surface area contributed by atoms with Gasteiger partial charge in [0.05, 0.1) is 36.9 Å². The van der Waals surface area contributed by atoms with Gasteiger partial charge in [-0.05, 0) is 18.4 Å². The Morgan fingerprint density at radius 3 is 3.00 bits per heavy atom. The molecule has 3 rings (SSSR count). The lowest BCUT2D eigenvalue weighted by atomic mass is 10.0. The normalized spacial score (nSPS) is 16.8. The zero-order valence-electron chi connectivity index (χ0n) is 12.8. The first kappa shape index (κ1) is 15.5. The molecule has 0 aliphatic carbocycles. The number of thioether (sulfide) groups is 1. The lowest BCUT2D eigenvalue weighted by Crippen LogP contribution is -2.49. The summed E-state index contributed by atoms with van der Waals surface area (Å²) >= 11 is 1.40. The molecule has 0 fully saturated rings. The molecule has 0 spiro atoms. The number of nitrogens with one attached hydrogen (secondary N) is 1. The van der Waals surface area contributed by atoms with E-state index in [0.29, 0.717) is 17.0 Å². The number of rotatable bonds is 3. The van der Waals surface area contributed by atoms with Crippen molar-refractivity contribution in [2.45, 2.75) is 24.0 Å². The van der Waals surface area contributed by atoms with Crippen LogP contribution in [0.4, 0.5) is 0 Å². The molecule has 2 aromatic rings. The fraction of sp³-hybridized carbons (Fsp3) is 0.333. The average molecular weight is 332 g/mol. The van der Waals surface area contributed by atoms with Gasteiger partial charge in [0, 0.05) is 12.6 Å². The number of amides is 1. The molecule has 0 saturated carbocycles. The predicted molar refractivity (Wildman–Crippen MR) is 84.0 cm³/mol. The summed E-state index contributed by atoms with van der Waals surface area (Å²) in [5.74, 6) is -0.681. The number of fused-ring (bicyclic) bond motifs is 1. The number of esters is 1. The summed E-state index contributed by atoms with van der Waals surface area (Å²) in [4.78, 5) is 38.1. The molecule has 1 N–H and O–H groups in total. The molecule has 120 valence electrons. The maximum absolute atomic E-state index is 13.0. The maximum atomic E-state index is 13.0. The Bertz CT molecular complexity index is 746. The van der Waals surface area contributed by atoms with Gasteiger partial charge in [-0.3, -0.25) is 4.79 Å². The van der Waals surface area contributed by atoms with E-state index in [1.807, 2.05) is 6.26 Å². The van der Waals surface area contributed by atoms with Gasteiger partial charge in [0.15, 0.2) is 0 Å². The van der Waals surface area contributed by atoms with E-state index in [1.54, 1.807) is 24.7 Å². The van der Waals surface area contributed by atoms with Crippen molar-refractivity contribution in [1.29, 1.82) is 0 Å². The van der Waals surface area contributed by atoms with E-state index in [0.717, 1.165) is 11.4 Å². The molecule has 23 heavy (non-hydrogen) atoms. The van der Waals surface area contributed by atoms with Crippen molar-refractivity contribution in [2.75, 3.05) is 13.4 Å². The molecular formula is C15H16N4O3S. The third kappa shape index (κ3) is 2.81. The fourth-order valence-corrected chi connectivity index (χ4v) is 3.21. The van der Waals surface area contributed by atoms with Crippen LogP contribution in [0.2, 0.25) is 0 Å². The van der Waals surface area contributed by atoms with Crippen molar-refractivity contribution in [3.05, 3.63) is 41.6 Å². The van der Waals surface area contributed by atoms with Crippen molar-refractivity contribution in [3.8, 4) is 0 Å². The number of carbonyl (C=O) groups excluding carboxylic acids is 2.